The molecule has 4 heteroatoms. The van der Waals surface area contributed by atoms with E-state index < -0.39 is 0 Å². The highest BCUT2D eigenvalue weighted by Crippen LogP contribution is 2.34. The largest absolute Gasteiger partial charge is 0.419 e. The highest BCUT2D eigenvalue weighted by molar-refractivity contribution is 9.09. The summed E-state index contributed by atoms with van der Waals surface area (Å²) < 4.78 is 6.82. The molecule has 21 heavy (non-hydrogen) atoms. The number of hydrogen-bond donors (Lipinski definition) is 0. The number of halogens is 1. The number of benzene rings is 1. The van der Waals surface area contributed by atoms with Crippen LogP contribution >= 0.6 is 15.9 Å². The van der Waals surface area contributed by atoms with Crippen molar-refractivity contribution in [1.29, 1.82) is 0 Å². The first-order valence-corrected chi connectivity index (χ1v) is 8.80. The van der Waals surface area contributed by atoms with Crippen LogP contribution in [0.3, 0.4) is 0 Å². The second kappa shape index (κ2) is 6.39. The minimum atomic E-state index is -0.296. The van der Waals surface area contributed by atoms with Gasteiger partial charge >= 0.3 is 5.76 Å². The Morgan fingerprint density at radius 3 is 2.86 bits per heavy atom. The van der Waals surface area contributed by atoms with Crippen LogP contribution in [0.2, 0.25) is 0 Å². The van der Waals surface area contributed by atoms with Crippen molar-refractivity contribution in [3.63, 3.8) is 0 Å². The molecule has 2 aromatic rings. The molecule has 0 spiro atoms. The number of alkyl halides is 1. The number of aromatic nitrogens is 1. The van der Waals surface area contributed by atoms with E-state index in [1.54, 1.807) is 11.6 Å². The second-order valence-electron chi connectivity index (χ2n) is 6.20. The summed E-state index contributed by atoms with van der Waals surface area (Å²) in [4.78, 5) is 11.9. The molecule has 1 saturated carbocycles. The van der Waals surface area contributed by atoms with Gasteiger partial charge in [-0.05, 0) is 36.5 Å². The zero-order valence-corrected chi connectivity index (χ0v) is 14.1. The summed E-state index contributed by atoms with van der Waals surface area (Å²) in [5.74, 6) is 0.604. The minimum Gasteiger partial charge on any atom is -0.408 e. The Bertz CT molecular complexity index is 667. The van der Waals surface area contributed by atoms with Crippen molar-refractivity contribution in [2.24, 2.45) is 13.0 Å². The smallest absolute Gasteiger partial charge is 0.408 e. The van der Waals surface area contributed by atoms with E-state index in [2.05, 4.69) is 22.0 Å². The third-order valence-corrected chi connectivity index (χ3v) is 5.72. The van der Waals surface area contributed by atoms with Crippen LogP contribution in [-0.4, -0.2) is 4.57 Å². The molecule has 0 aliphatic heterocycles. The van der Waals surface area contributed by atoms with E-state index in [-0.39, 0.29) is 5.76 Å². The lowest BCUT2D eigenvalue weighted by Gasteiger charge is -2.22. The minimum absolute atomic E-state index is 0.296. The lowest BCUT2D eigenvalue weighted by molar-refractivity contribution is 0.332. The Kier molecular flexibility index (Phi) is 4.53. The van der Waals surface area contributed by atoms with Crippen LogP contribution in [0.25, 0.3) is 11.1 Å². The van der Waals surface area contributed by atoms with Crippen LogP contribution in [0.1, 0.15) is 55.3 Å². The van der Waals surface area contributed by atoms with E-state index in [0.717, 1.165) is 17.9 Å². The normalized spacial score (nSPS) is 18.2. The number of hydrogen-bond acceptors (Lipinski definition) is 2. The molecule has 1 heterocycles. The summed E-state index contributed by atoms with van der Waals surface area (Å²) in [6, 6.07) is 6.07. The molecule has 114 valence electrons. The highest BCUT2D eigenvalue weighted by atomic mass is 79.9. The molecule has 1 aromatic carbocycles. The fourth-order valence-electron chi connectivity index (χ4n) is 3.37. The lowest BCUT2D eigenvalue weighted by atomic mass is 9.85. The Labute approximate surface area is 133 Å². The van der Waals surface area contributed by atoms with Gasteiger partial charge in [-0.1, -0.05) is 54.1 Å². The molecule has 1 unspecified atom stereocenters. The third-order valence-electron chi connectivity index (χ3n) is 4.73. The monoisotopic (exact) mass is 351 g/mol. The molecule has 1 fully saturated rings. The van der Waals surface area contributed by atoms with Crippen LogP contribution < -0.4 is 5.76 Å². The summed E-state index contributed by atoms with van der Waals surface area (Å²) in [6.45, 7) is 0. The molecule has 1 aliphatic carbocycles. The van der Waals surface area contributed by atoms with Gasteiger partial charge in [-0.25, -0.2) is 4.79 Å². The van der Waals surface area contributed by atoms with Crippen molar-refractivity contribution in [2.75, 3.05) is 0 Å². The number of nitrogens with zero attached hydrogens (tertiary/aromatic N) is 1. The van der Waals surface area contributed by atoms with Gasteiger partial charge in [0.05, 0.1) is 5.52 Å². The standard InChI is InChI=1S/C17H22BrNO2/c1-19-15-10-8-13(11-16(15)21-17(19)20)14(18)9-7-12-5-3-2-4-6-12/h8,10-12,14H,2-7,9H2,1H3. The molecule has 1 aromatic heterocycles. The molecular formula is C17H22BrNO2. The Morgan fingerprint density at radius 2 is 2.10 bits per heavy atom. The van der Waals surface area contributed by atoms with Gasteiger partial charge in [0, 0.05) is 11.9 Å². The van der Waals surface area contributed by atoms with Crippen LogP contribution in [0.4, 0.5) is 0 Å². The average molecular weight is 352 g/mol. The fourth-order valence-corrected chi connectivity index (χ4v) is 3.92. The molecule has 0 amide bonds. The quantitative estimate of drug-likeness (QED) is 0.732. The van der Waals surface area contributed by atoms with Gasteiger partial charge in [-0.3, -0.25) is 4.57 Å². The lowest BCUT2D eigenvalue weighted by Crippen LogP contribution is -2.08. The molecule has 0 N–H and O–H groups in total. The second-order valence-corrected chi connectivity index (χ2v) is 7.31. The summed E-state index contributed by atoms with van der Waals surface area (Å²) in [5.41, 5.74) is 2.74. The first kappa shape index (κ1) is 14.9. The first-order chi connectivity index (χ1) is 10.1. The van der Waals surface area contributed by atoms with Crippen LogP contribution in [-0.2, 0) is 7.05 Å². The van der Waals surface area contributed by atoms with Gasteiger partial charge in [0.25, 0.3) is 0 Å². The molecule has 0 bridgehead atoms. The number of oxazole rings is 1. The summed E-state index contributed by atoms with van der Waals surface area (Å²) in [5, 5.41) is 0. The summed E-state index contributed by atoms with van der Waals surface area (Å²) in [7, 11) is 1.74. The average Bonchev–Trinajstić information content (AvgIpc) is 2.80. The highest BCUT2D eigenvalue weighted by Gasteiger charge is 2.17. The van der Waals surface area contributed by atoms with Gasteiger partial charge in [0.15, 0.2) is 5.58 Å². The van der Waals surface area contributed by atoms with Crippen molar-refractivity contribution >= 4 is 27.0 Å². The Morgan fingerprint density at radius 1 is 1.33 bits per heavy atom. The maximum atomic E-state index is 11.5. The van der Waals surface area contributed by atoms with Crippen LogP contribution in [0, 0.1) is 5.92 Å². The predicted octanol–water partition coefficient (Wildman–Crippen LogP) is 4.93. The van der Waals surface area contributed by atoms with Crippen molar-refractivity contribution in [1.82, 2.24) is 4.57 Å². The molecule has 3 rings (SSSR count). The van der Waals surface area contributed by atoms with Gasteiger partial charge < -0.3 is 4.42 Å². The Hall–Kier alpha value is -1.03. The third kappa shape index (κ3) is 3.25. The van der Waals surface area contributed by atoms with Crippen molar-refractivity contribution in [3.05, 3.63) is 34.3 Å². The number of fused-ring (bicyclic) bond motifs is 1. The molecule has 0 radical (unpaired) electrons. The predicted molar refractivity (Wildman–Crippen MR) is 88.9 cm³/mol. The van der Waals surface area contributed by atoms with Gasteiger partial charge in [0.2, 0.25) is 0 Å². The maximum Gasteiger partial charge on any atom is 0.419 e. The number of rotatable bonds is 4. The maximum absolute atomic E-state index is 11.5. The van der Waals surface area contributed by atoms with Crippen molar-refractivity contribution in [2.45, 2.75) is 49.8 Å². The fraction of sp³-hybridized carbons (Fsp3) is 0.588. The van der Waals surface area contributed by atoms with E-state index in [4.69, 9.17) is 4.42 Å². The van der Waals surface area contributed by atoms with Crippen LogP contribution in [0.15, 0.2) is 27.4 Å². The zero-order valence-electron chi connectivity index (χ0n) is 12.5. The van der Waals surface area contributed by atoms with E-state index >= 15 is 0 Å². The van der Waals surface area contributed by atoms with Gasteiger partial charge in [-0.2, -0.15) is 0 Å². The summed E-state index contributed by atoms with van der Waals surface area (Å²) in [6.07, 6.45) is 9.44. The van der Waals surface area contributed by atoms with E-state index in [9.17, 15) is 4.79 Å². The van der Waals surface area contributed by atoms with E-state index in [1.807, 2.05) is 12.1 Å². The molecule has 3 nitrogen and oxygen atoms in total. The Balaban J connectivity index is 1.69. The SMILES string of the molecule is Cn1c(=O)oc2cc(C(Br)CCC3CCCCC3)ccc21. The molecule has 1 atom stereocenters. The molecule has 1 aliphatic rings. The van der Waals surface area contributed by atoms with E-state index in [1.165, 1.54) is 44.1 Å². The zero-order chi connectivity index (χ0) is 14.8. The summed E-state index contributed by atoms with van der Waals surface area (Å²) >= 11 is 3.80. The topological polar surface area (TPSA) is 35.1 Å². The van der Waals surface area contributed by atoms with Crippen LogP contribution in [0.5, 0.6) is 0 Å². The molecular weight excluding hydrogens is 330 g/mol. The van der Waals surface area contributed by atoms with E-state index in [0.29, 0.717) is 10.4 Å². The molecule has 0 saturated heterocycles. The van der Waals surface area contributed by atoms with Gasteiger partial charge in [0.1, 0.15) is 0 Å². The van der Waals surface area contributed by atoms with Crippen molar-refractivity contribution < 1.29 is 4.42 Å². The van der Waals surface area contributed by atoms with Crippen molar-refractivity contribution in [3.8, 4) is 0 Å². The first-order valence-electron chi connectivity index (χ1n) is 7.88. The number of aryl methyl sites for hydroxylation is 1. The van der Waals surface area contributed by atoms with Gasteiger partial charge in [-0.15, -0.1) is 0 Å².